The zero-order valence-corrected chi connectivity index (χ0v) is 15.9. The first-order chi connectivity index (χ1) is 13.0. The van der Waals surface area contributed by atoms with Gasteiger partial charge in [0.15, 0.2) is 0 Å². The summed E-state index contributed by atoms with van der Waals surface area (Å²) in [5.74, 6) is 0.439. The minimum absolute atomic E-state index is 0.00778. The lowest BCUT2D eigenvalue weighted by molar-refractivity contribution is -0.132. The molecule has 1 aliphatic heterocycles. The molecule has 1 N–H and O–H groups in total. The lowest BCUT2D eigenvalue weighted by Gasteiger charge is -2.24. The van der Waals surface area contributed by atoms with Crippen molar-refractivity contribution in [1.29, 1.82) is 0 Å². The van der Waals surface area contributed by atoms with Crippen LogP contribution < -0.4 is 10.2 Å². The fraction of sp³-hybridized carbons (Fsp3) is 0.381. The van der Waals surface area contributed by atoms with Crippen molar-refractivity contribution >= 4 is 17.6 Å². The summed E-state index contributed by atoms with van der Waals surface area (Å²) in [6.45, 7) is 1.53. The van der Waals surface area contributed by atoms with Crippen LogP contribution in [0.5, 0.6) is 0 Å². The molecular formula is C21H26N4O2. The second kappa shape index (κ2) is 8.66. The molecule has 142 valence electrons. The monoisotopic (exact) mass is 366 g/mol. The highest BCUT2D eigenvalue weighted by molar-refractivity contribution is 5.98. The zero-order valence-electron chi connectivity index (χ0n) is 15.9. The van der Waals surface area contributed by atoms with E-state index in [9.17, 15) is 9.59 Å². The molecule has 2 aromatic rings. The molecule has 1 aromatic heterocycles. The number of nitrogens with zero attached hydrogens (tertiary/aromatic N) is 3. The maximum Gasteiger partial charge on any atom is 0.252 e. The first-order valence-electron chi connectivity index (χ1n) is 9.31. The van der Waals surface area contributed by atoms with Crippen molar-refractivity contribution in [2.75, 3.05) is 32.1 Å². The average Bonchev–Trinajstić information content (AvgIpc) is 3.22. The SMILES string of the molecule is CN(C)c1cc(C(=O)N[C@@H](Cc2ccccc2)C(=O)N2CCCC2)ccn1. The van der Waals surface area contributed by atoms with Gasteiger partial charge in [0.2, 0.25) is 5.91 Å². The normalized spacial score (nSPS) is 14.7. The van der Waals surface area contributed by atoms with E-state index in [0.717, 1.165) is 31.5 Å². The van der Waals surface area contributed by atoms with E-state index < -0.39 is 6.04 Å². The lowest BCUT2D eigenvalue weighted by atomic mass is 10.0. The number of anilines is 1. The molecule has 1 atom stereocenters. The molecule has 3 rings (SSSR count). The van der Waals surface area contributed by atoms with E-state index in [4.69, 9.17) is 0 Å². The maximum atomic E-state index is 13.0. The highest BCUT2D eigenvalue weighted by Crippen LogP contribution is 2.14. The number of hydrogen-bond donors (Lipinski definition) is 1. The van der Waals surface area contributed by atoms with Gasteiger partial charge >= 0.3 is 0 Å². The Labute approximate surface area is 160 Å². The number of carbonyl (C=O) groups excluding carboxylic acids is 2. The molecule has 0 aliphatic carbocycles. The molecule has 2 heterocycles. The van der Waals surface area contributed by atoms with Gasteiger partial charge in [0.1, 0.15) is 11.9 Å². The summed E-state index contributed by atoms with van der Waals surface area (Å²) in [6, 6.07) is 12.6. The van der Waals surface area contributed by atoms with Gasteiger partial charge in [-0.3, -0.25) is 9.59 Å². The molecule has 6 nitrogen and oxygen atoms in total. The van der Waals surface area contributed by atoms with Gasteiger partial charge in [-0.05, 0) is 30.5 Å². The van der Waals surface area contributed by atoms with Crippen molar-refractivity contribution in [1.82, 2.24) is 15.2 Å². The second-order valence-corrected chi connectivity index (χ2v) is 7.05. The van der Waals surface area contributed by atoms with Crippen LogP contribution >= 0.6 is 0 Å². The highest BCUT2D eigenvalue weighted by atomic mass is 16.2. The number of nitrogens with one attached hydrogen (secondary N) is 1. The fourth-order valence-electron chi connectivity index (χ4n) is 3.25. The Morgan fingerprint density at radius 3 is 2.52 bits per heavy atom. The second-order valence-electron chi connectivity index (χ2n) is 7.05. The van der Waals surface area contributed by atoms with E-state index in [1.807, 2.05) is 54.2 Å². The Bertz CT molecular complexity index is 786. The number of amides is 2. The van der Waals surface area contributed by atoms with E-state index in [1.165, 1.54) is 0 Å². The first kappa shape index (κ1) is 18.9. The van der Waals surface area contributed by atoms with E-state index in [2.05, 4.69) is 10.3 Å². The molecule has 1 saturated heterocycles. The van der Waals surface area contributed by atoms with Crippen LogP contribution in [0.2, 0.25) is 0 Å². The van der Waals surface area contributed by atoms with Gasteiger partial charge in [0.05, 0.1) is 0 Å². The van der Waals surface area contributed by atoms with Crippen molar-refractivity contribution in [2.45, 2.75) is 25.3 Å². The molecule has 0 bridgehead atoms. The lowest BCUT2D eigenvalue weighted by Crippen LogP contribution is -2.49. The Kier molecular flexibility index (Phi) is 6.06. The summed E-state index contributed by atoms with van der Waals surface area (Å²) < 4.78 is 0. The van der Waals surface area contributed by atoms with Gasteiger partial charge in [0.25, 0.3) is 5.91 Å². The maximum absolute atomic E-state index is 13.0. The van der Waals surface area contributed by atoms with Crippen LogP contribution in [0.4, 0.5) is 5.82 Å². The topological polar surface area (TPSA) is 65.5 Å². The smallest absolute Gasteiger partial charge is 0.252 e. The number of benzene rings is 1. The van der Waals surface area contributed by atoms with Gasteiger partial charge in [-0.1, -0.05) is 30.3 Å². The molecule has 0 unspecified atom stereocenters. The predicted octanol–water partition coefficient (Wildman–Crippen LogP) is 2.11. The summed E-state index contributed by atoms with van der Waals surface area (Å²) in [5, 5.41) is 2.95. The number of pyridine rings is 1. The zero-order chi connectivity index (χ0) is 19.2. The molecule has 0 spiro atoms. The van der Waals surface area contributed by atoms with Gasteiger partial charge in [-0.15, -0.1) is 0 Å². The van der Waals surface area contributed by atoms with Crippen LogP contribution in [0, 0.1) is 0 Å². The summed E-state index contributed by atoms with van der Waals surface area (Å²) in [7, 11) is 3.75. The standard InChI is InChI=1S/C21H26N4O2/c1-24(2)19-15-17(10-11-22-19)20(26)23-18(14-16-8-4-3-5-9-16)21(27)25-12-6-7-13-25/h3-5,8-11,15,18H,6-7,12-14H2,1-2H3,(H,23,26)/t18-/m0/s1. The van der Waals surface area contributed by atoms with E-state index in [0.29, 0.717) is 17.8 Å². The van der Waals surface area contributed by atoms with Crippen molar-refractivity contribution in [3.8, 4) is 0 Å². The van der Waals surface area contributed by atoms with E-state index in [1.54, 1.807) is 18.3 Å². The molecule has 1 fully saturated rings. The summed E-state index contributed by atoms with van der Waals surface area (Å²) in [5.41, 5.74) is 1.53. The van der Waals surface area contributed by atoms with Gasteiger partial charge in [-0.2, -0.15) is 0 Å². The first-order valence-corrected chi connectivity index (χ1v) is 9.31. The molecule has 27 heavy (non-hydrogen) atoms. The van der Waals surface area contributed by atoms with Gasteiger partial charge in [0, 0.05) is 45.4 Å². The molecule has 6 heteroatoms. The largest absolute Gasteiger partial charge is 0.363 e. The van der Waals surface area contributed by atoms with E-state index >= 15 is 0 Å². The summed E-state index contributed by atoms with van der Waals surface area (Å²) in [4.78, 5) is 33.7. The van der Waals surface area contributed by atoms with Crippen molar-refractivity contribution in [3.63, 3.8) is 0 Å². The molecule has 1 aliphatic rings. The number of hydrogen-bond acceptors (Lipinski definition) is 4. The van der Waals surface area contributed by atoms with E-state index in [-0.39, 0.29) is 11.8 Å². The Hall–Kier alpha value is -2.89. The highest BCUT2D eigenvalue weighted by Gasteiger charge is 2.28. The summed E-state index contributed by atoms with van der Waals surface area (Å²) in [6.07, 6.45) is 4.13. The third-order valence-electron chi connectivity index (χ3n) is 4.77. The van der Waals surface area contributed by atoms with Crippen LogP contribution in [0.15, 0.2) is 48.7 Å². The van der Waals surface area contributed by atoms with Crippen molar-refractivity contribution in [2.24, 2.45) is 0 Å². The molecule has 0 saturated carbocycles. The third-order valence-corrected chi connectivity index (χ3v) is 4.77. The minimum Gasteiger partial charge on any atom is -0.363 e. The molecular weight excluding hydrogens is 340 g/mol. The van der Waals surface area contributed by atoms with Gasteiger partial charge in [-0.25, -0.2) is 4.98 Å². The van der Waals surface area contributed by atoms with Crippen molar-refractivity contribution in [3.05, 3.63) is 59.8 Å². The number of aromatic nitrogens is 1. The van der Waals surface area contributed by atoms with Crippen LogP contribution in [-0.2, 0) is 11.2 Å². The Morgan fingerprint density at radius 2 is 1.85 bits per heavy atom. The number of likely N-dealkylation sites (tertiary alicyclic amines) is 1. The molecule has 0 radical (unpaired) electrons. The minimum atomic E-state index is -0.575. The molecule has 1 aromatic carbocycles. The third kappa shape index (κ3) is 4.84. The average molecular weight is 366 g/mol. The van der Waals surface area contributed by atoms with Crippen LogP contribution in [0.25, 0.3) is 0 Å². The fourth-order valence-corrected chi connectivity index (χ4v) is 3.25. The van der Waals surface area contributed by atoms with Crippen molar-refractivity contribution < 1.29 is 9.59 Å². The number of carbonyl (C=O) groups is 2. The number of rotatable bonds is 6. The predicted molar refractivity (Wildman–Crippen MR) is 106 cm³/mol. The quantitative estimate of drug-likeness (QED) is 0.850. The Balaban J connectivity index is 1.78. The summed E-state index contributed by atoms with van der Waals surface area (Å²) >= 11 is 0. The van der Waals surface area contributed by atoms with Gasteiger partial charge < -0.3 is 15.1 Å². The molecule has 2 amide bonds. The van der Waals surface area contributed by atoms with Crippen LogP contribution in [0.1, 0.15) is 28.8 Å². The van der Waals surface area contributed by atoms with Crippen LogP contribution in [-0.4, -0.2) is 54.9 Å². The Morgan fingerprint density at radius 1 is 1.15 bits per heavy atom. The van der Waals surface area contributed by atoms with Crippen LogP contribution in [0.3, 0.4) is 0 Å².